The van der Waals surface area contributed by atoms with Crippen LogP contribution < -0.4 is 44.3 Å². The Balaban J connectivity index is 1.08. The van der Waals surface area contributed by atoms with Crippen LogP contribution in [0.1, 0.15) is 72.3 Å². The first-order valence-corrected chi connectivity index (χ1v) is 26.8. The fourth-order valence-corrected chi connectivity index (χ4v) is 13.6. The Morgan fingerprint density at radius 2 is 0.514 bits per heavy atom. The summed E-state index contributed by atoms with van der Waals surface area (Å²) in [7, 11) is 5.60. The third kappa shape index (κ3) is 10.1. The zero-order valence-electron chi connectivity index (χ0n) is 42.7. The quantitative estimate of drug-likeness (QED) is 0.120. The molecule has 0 radical (unpaired) electrons. The van der Waals surface area contributed by atoms with Crippen LogP contribution in [0.15, 0.2) is 194 Å². The van der Waals surface area contributed by atoms with E-state index in [1.165, 1.54) is 0 Å². The summed E-state index contributed by atoms with van der Waals surface area (Å²) in [5.74, 6) is 4.98. The Morgan fingerprint density at radius 1 is 0.284 bits per heavy atom. The summed E-state index contributed by atoms with van der Waals surface area (Å²) in [5.41, 5.74) is 13.6. The summed E-state index contributed by atoms with van der Waals surface area (Å²) in [5, 5.41) is 2.36. The number of methoxy groups -OCH3 is 5. The molecule has 0 heterocycles. The summed E-state index contributed by atoms with van der Waals surface area (Å²) in [4.78, 5) is 0. The van der Waals surface area contributed by atoms with Crippen molar-refractivity contribution in [2.24, 2.45) is 0 Å². The van der Waals surface area contributed by atoms with Gasteiger partial charge in [-0.05, 0) is 72.3 Å². The predicted octanol–water partition coefficient (Wildman–Crippen LogP) is 12.8. The van der Waals surface area contributed by atoms with Crippen LogP contribution in [0, 0.1) is 0 Å². The number of hydrogen-bond donors (Lipinski definition) is 0. The molecule has 0 fully saturated rings. The molecule has 1 aliphatic rings. The van der Waals surface area contributed by atoms with Crippen LogP contribution in [0.4, 0.5) is 0 Å². The molecule has 8 heteroatoms. The lowest BCUT2D eigenvalue weighted by Gasteiger charge is -2.21. The Bertz CT molecular complexity index is 3270. The summed E-state index contributed by atoms with van der Waals surface area (Å²) >= 11 is 0. The van der Waals surface area contributed by atoms with Gasteiger partial charge >= 0.3 is 0 Å². The minimum atomic E-state index is -3.15. The molecule has 0 atom stereocenters. The molecule has 7 nitrogen and oxygen atoms in total. The maximum absolute atomic E-state index is 15.2. The molecule has 0 saturated heterocycles. The average Bonchev–Trinajstić information content (AvgIpc) is 3.44. The van der Waals surface area contributed by atoms with E-state index in [1.54, 1.807) is 35.5 Å². The van der Waals surface area contributed by atoms with Crippen molar-refractivity contribution in [3.8, 4) is 34.5 Å². The molecule has 9 aromatic carbocycles. The summed E-state index contributed by atoms with van der Waals surface area (Å²) in [6.07, 6.45) is 3.53. The van der Waals surface area contributed by atoms with Crippen LogP contribution >= 0.6 is 7.14 Å². The van der Waals surface area contributed by atoms with Gasteiger partial charge in [-0.1, -0.05) is 194 Å². The molecule has 0 amide bonds. The van der Waals surface area contributed by atoms with Crippen LogP contribution in [0.3, 0.4) is 0 Å². The topological polar surface area (TPSA) is 72.5 Å². The molecule has 9 aromatic rings. The smallest absolute Gasteiger partial charge is 0.171 e. The highest BCUT2D eigenvalue weighted by Gasteiger charge is 2.30. The van der Waals surface area contributed by atoms with Crippen molar-refractivity contribution in [1.82, 2.24) is 0 Å². The second-order valence-corrected chi connectivity index (χ2v) is 21.5. The second kappa shape index (κ2) is 22.4. The largest absolute Gasteiger partial charge is 0.496 e. The van der Waals surface area contributed by atoms with Crippen LogP contribution in [0.2, 0.25) is 0 Å². The van der Waals surface area contributed by atoms with Crippen molar-refractivity contribution in [3.05, 3.63) is 266 Å². The van der Waals surface area contributed by atoms with Gasteiger partial charge in [0, 0.05) is 54.4 Å². The summed E-state index contributed by atoms with van der Waals surface area (Å²) < 4.78 is 53.7. The van der Waals surface area contributed by atoms with E-state index in [1.807, 2.05) is 84.9 Å². The molecule has 0 aliphatic heterocycles. The average molecular weight is 997 g/mol. The molecule has 0 N–H and O–H groups in total. The molecule has 12 bridgehead atoms. The van der Waals surface area contributed by atoms with Gasteiger partial charge in [-0.15, -0.1) is 0 Å². The Hall–Kier alpha value is -7.99. The third-order valence-electron chi connectivity index (χ3n) is 14.3. The molecule has 74 heavy (non-hydrogen) atoms. The first-order valence-electron chi connectivity index (χ1n) is 25.1. The minimum Gasteiger partial charge on any atom is -0.496 e. The van der Waals surface area contributed by atoms with Crippen LogP contribution in [-0.4, -0.2) is 35.5 Å². The molecule has 0 spiro atoms. The van der Waals surface area contributed by atoms with E-state index in [2.05, 4.69) is 109 Å². The van der Waals surface area contributed by atoms with Crippen molar-refractivity contribution in [3.63, 3.8) is 0 Å². The van der Waals surface area contributed by atoms with Gasteiger partial charge in [-0.2, -0.15) is 0 Å². The van der Waals surface area contributed by atoms with Crippen molar-refractivity contribution in [2.75, 3.05) is 35.5 Å². The second-order valence-electron chi connectivity index (χ2n) is 18.7. The maximum Gasteiger partial charge on any atom is 0.171 e. The standard InChI is InChI=1S/C66H61O7P/c1-68-61-46-18-12-19-47(61)39-49-21-14-23-51(63(49)70-3)41-53-25-16-27-55(65(53)72-5)43-57-29-17-28-56(42-54-26-15-24-52(64(54)71-4)40-50-22-13-20-48(38-46)62(50)69-2)66(57)73-44-45-34-36-60(37-35-45)74(67,58-30-8-6-9-31-58)59-32-10-7-11-33-59/h6-37H,38-44H2,1-5H3. The lowest BCUT2D eigenvalue weighted by atomic mass is 9.91. The SMILES string of the molecule is COc1c2cccc1Cc1cccc(c1OC)Cc1cccc(c1OC)Cc1cccc(c1OCc1ccc(P(=O)(c3ccccc3)c3ccccc3)cc1)Cc1cccc(c1OC)Cc1cccc(c1OC)C2. The highest BCUT2D eigenvalue weighted by atomic mass is 31.2. The van der Waals surface area contributed by atoms with Crippen molar-refractivity contribution < 1.29 is 33.0 Å². The van der Waals surface area contributed by atoms with Gasteiger partial charge in [-0.3, -0.25) is 0 Å². The van der Waals surface area contributed by atoms with Gasteiger partial charge < -0.3 is 33.0 Å². The van der Waals surface area contributed by atoms with E-state index < -0.39 is 7.14 Å². The van der Waals surface area contributed by atoms with Crippen LogP contribution in [0.5, 0.6) is 34.5 Å². The highest BCUT2D eigenvalue weighted by Crippen LogP contribution is 2.43. The molecular weight excluding hydrogens is 936 g/mol. The van der Waals surface area contributed by atoms with E-state index in [0.717, 1.165) is 123 Å². The van der Waals surface area contributed by atoms with E-state index in [-0.39, 0.29) is 0 Å². The molecule has 1 aliphatic carbocycles. The van der Waals surface area contributed by atoms with E-state index >= 15 is 4.57 Å². The Kier molecular flexibility index (Phi) is 15.0. The van der Waals surface area contributed by atoms with E-state index in [9.17, 15) is 0 Å². The molecular formula is C66H61O7P. The predicted molar refractivity (Wildman–Crippen MR) is 298 cm³/mol. The molecule has 0 aromatic heterocycles. The monoisotopic (exact) mass is 996 g/mol. The molecule has 10 rings (SSSR count). The lowest BCUT2D eigenvalue weighted by molar-refractivity contribution is 0.300. The fraction of sp³-hybridized carbons (Fsp3) is 0.182. The Morgan fingerprint density at radius 3 is 0.757 bits per heavy atom. The van der Waals surface area contributed by atoms with Crippen molar-refractivity contribution in [1.29, 1.82) is 0 Å². The zero-order valence-corrected chi connectivity index (χ0v) is 43.6. The minimum absolute atomic E-state index is 0.293. The number of benzene rings is 9. The highest BCUT2D eigenvalue weighted by molar-refractivity contribution is 7.85. The van der Waals surface area contributed by atoms with Crippen molar-refractivity contribution in [2.45, 2.75) is 45.1 Å². The van der Waals surface area contributed by atoms with Gasteiger partial charge in [0.25, 0.3) is 0 Å². The Labute approximate surface area is 435 Å². The summed E-state index contributed by atoms with van der Waals surface area (Å²) in [6, 6.07) is 66.0. The molecule has 0 saturated carbocycles. The van der Waals surface area contributed by atoms with Gasteiger partial charge in [0.2, 0.25) is 0 Å². The first kappa shape index (κ1) is 49.6. The normalized spacial score (nSPS) is 12.4. The molecule has 0 unspecified atom stereocenters. The van der Waals surface area contributed by atoms with E-state index in [4.69, 9.17) is 28.4 Å². The number of hydrogen-bond acceptors (Lipinski definition) is 7. The van der Waals surface area contributed by atoms with Crippen molar-refractivity contribution >= 4 is 23.1 Å². The van der Waals surface area contributed by atoms with Gasteiger partial charge in [0.15, 0.2) is 7.14 Å². The lowest BCUT2D eigenvalue weighted by Crippen LogP contribution is -2.25. The zero-order chi connectivity index (χ0) is 51.0. The van der Waals surface area contributed by atoms with E-state index in [0.29, 0.717) is 45.1 Å². The van der Waals surface area contributed by atoms with Crippen LogP contribution in [0.25, 0.3) is 0 Å². The summed E-state index contributed by atoms with van der Waals surface area (Å²) in [6.45, 7) is 0.293. The van der Waals surface area contributed by atoms with Gasteiger partial charge in [0.1, 0.15) is 41.1 Å². The van der Waals surface area contributed by atoms with Crippen LogP contribution in [-0.2, 0) is 49.7 Å². The molecule has 372 valence electrons. The maximum atomic E-state index is 15.2. The number of ether oxygens (including phenoxy) is 6. The van der Waals surface area contributed by atoms with Gasteiger partial charge in [0.05, 0.1) is 35.5 Å². The fourth-order valence-electron chi connectivity index (χ4n) is 10.9. The van der Waals surface area contributed by atoms with Gasteiger partial charge in [-0.25, -0.2) is 0 Å². The number of rotatable bonds is 11. The number of para-hydroxylation sites is 6. The number of fused-ring (bicyclic) bond motifs is 12. The first-order chi connectivity index (χ1) is 36.3. The third-order valence-corrected chi connectivity index (χ3v) is 17.4.